The van der Waals surface area contributed by atoms with E-state index >= 15 is 0 Å². The highest BCUT2D eigenvalue weighted by molar-refractivity contribution is 5.92. The number of aromatic amines is 1. The van der Waals surface area contributed by atoms with E-state index in [0.717, 1.165) is 38.2 Å². The van der Waals surface area contributed by atoms with E-state index in [4.69, 9.17) is 0 Å². The Morgan fingerprint density at radius 1 is 1.25 bits per heavy atom. The minimum absolute atomic E-state index is 0.0422. The summed E-state index contributed by atoms with van der Waals surface area (Å²) in [7, 11) is 0. The first-order valence-electron chi connectivity index (χ1n) is 8.24. The van der Waals surface area contributed by atoms with Crippen molar-refractivity contribution in [1.82, 2.24) is 14.9 Å². The molecule has 1 aliphatic rings. The van der Waals surface area contributed by atoms with Crippen molar-refractivity contribution in [2.24, 2.45) is 5.92 Å². The lowest BCUT2D eigenvalue weighted by atomic mass is 9.95. The number of nitrogens with one attached hydrogen (secondary N) is 2. The van der Waals surface area contributed by atoms with Gasteiger partial charge >= 0.3 is 0 Å². The SMILES string of the molecule is Cc1ccc(NC(=O)C2CCN(Cc3ccncc3)CC2)c(=O)[nH]1. The normalized spacial score (nSPS) is 16.0. The van der Waals surface area contributed by atoms with Gasteiger partial charge in [0.05, 0.1) is 0 Å². The Kier molecular flexibility index (Phi) is 5.05. The minimum Gasteiger partial charge on any atom is -0.325 e. The van der Waals surface area contributed by atoms with E-state index < -0.39 is 0 Å². The van der Waals surface area contributed by atoms with Gasteiger partial charge in [0.1, 0.15) is 5.69 Å². The zero-order chi connectivity index (χ0) is 16.9. The van der Waals surface area contributed by atoms with Crippen molar-refractivity contribution >= 4 is 11.6 Å². The first-order valence-corrected chi connectivity index (χ1v) is 8.24. The van der Waals surface area contributed by atoms with Gasteiger partial charge in [-0.25, -0.2) is 0 Å². The molecule has 2 N–H and O–H groups in total. The number of nitrogens with zero attached hydrogens (tertiary/aromatic N) is 2. The third-order valence-electron chi connectivity index (χ3n) is 4.43. The van der Waals surface area contributed by atoms with E-state index in [0.29, 0.717) is 5.69 Å². The summed E-state index contributed by atoms with van der Waals surface area (Å²) in [6.45, 7) is 4.45. The Bertz CT molecular complexity index is 749. The van der Waals surface area contributed by atoms with Gasteiger partial charge in [-0.2, -0.15) is 0 Å². The Morgan fingerprint density at radius 3 is 2.62 bits per heavy atom. The van der Waals surface area contributed by atoms with Crippen LogP contribution in [-0.4, -0.2) is 33.9 Å². The zero-order valence-electron chi connectivity index (χ0n) is 13.8. The Balaban J connectivity index is 1.52. The summed E-state index contributed by atoms with van der Waals surface area (Å²) < 4.78 is 0. The van der Waals surface area contributed by atoms with E-state index in [2.05, 4.69) is 20.2 Å². The van der Waals surface area contributed by atoms with Gasteiger partial charge in [0.15, 0.2) is 0 Å². The van der Waals surface area contributed by atoms with Crippen molar-refractivity contribution in [1.29, 1.82) is 0 Å². The zero-order valence-corrected chi connectivity index (χ0v) is 13.8. The number of carbonyl (C=O) groups is 1. The fourth-order valence-electron chi connectivity index (χ4n) is 3.00. The first kappa shape index (κ1) is 16.4. The average molecular weight is 326 g/mol. The second kappa shape index (κ2) is 7.40. The lowest BCUT2D eigenvalue weighted by molar-refractivity contribution is -0.121. The highest BCUT2D eigenvalue weighted by Gasteiger charge is 2.25. The fraction of sp³-hybridized carbons (Fsp3) is 0.389. The molecule has 0 bridgehead atoms. The van der Waals surface area contributed by atoms with Crippen LogP contribution >= 0.6 is 0 Å². The van der Waals surface area contributed by atoms with Crippen LogP contribution < -0.4 is 10.9 Å². The summed E-state index contributed by atoms with van der Waals surface area (Å²) in [5.41, 5.74) is 2.09. The number of H-pyrrole nitrogens is 1. The lowest BCUT2D eigenvalue weighted by Gasteiger charge is -2.31. The number of aromatic nitrogens is 2. The van der Waals surface area contributed by atoms with E-state index in [-0.39, 0.29) is 17.4 Å². The van der Waals surface area contributed by atoms with Crippen molar-refractivity contribution in [2.75, 3.05) is 18.4 Å². The van der Waals surface area contributed by atoms with Crippen molar-refractivity contribution in [3.8, 4) is 0 Å². The molecule has 0 atom stereocenters. The number of rotatable bonds is 4. The Hall–Kier alpha value is -2.47. The topological polar surface area (TPSA) is 78.1 Å². The number of carbonyl (C=O) groups excluding carboxylic acids is 1. The molecule has 6 heteroatoms. The number of hydrogen-bond donors (Lipinski definition) is 2. The van der Waals surface area contributed by atoms with Gasteiger partial charge in [-0.3, -0.25) is 19.5 Å². The quantitative estimate of drug-likeness (QED) is 0.900. The van der Waals surface area contributed by atoms with Crippen LogP contribution in [0, 0.1) is 12.8 Å². The molecule has 1 amide bonds. The lowest BCUT2D eigenvalue weighted by Crippen LogP contribution is -2.38. The van der Waals surface area contributed by atoms with Gasteiger partial charge in [0.25, 0.3) is 5.56 Å². The Labute approximate surface area is 140 Å². The highest BCUT2D eigenvalue weighted by Crippen LogP contribution is 2.20. The molecule has 2 aromatic heterocycles. The third kappa shape index (κ3) is 4.08. The molecule has 0 radical (unpaired) electrons. The smallest absolute Gasteiger partial charge is 0.271 e. The van der Waals surface area contributed by atoms with Gasteiger partial charge in [-0.15, -0.1) is 0 Å². The largest absolute Gasteiger partial charge is 0.325 e. The molecule has 1 saturated heterocycles. The number of pyridine rings is 2. The maximum atomic E-state index is 12.4. The van der Waals surface area contributed by atoms with Crippen LogP contribution in [-0.2, 0) is 11.3 Å². The summed E-state index contributed by atoms with van der Waals surface area (Å²) in [6.07, 6.45) is 5.21. The maximum Gasteiger partial charge on any atom is 0.271 e. The van der Waals surface area contributed by atoms with Gasteiger partial charge in [-0.05, 0) is 62.7 Å². The molecule has 3 heterocycles. The van der Waals surface area contributed by atoms with Crippen LogP contribution in [0.25, 0.3) is 0 Å². The van der Waals surface area contributed by atoms with Gasteiger partial charge < -0.3 is 10.3 Å². The molecule has 24 heavy (non-hydrogen) atoms. The molecular weight excluding hydrogens is 304 g/mol. The molecule has 0 aromatic carbocycles. The molecule has 1 aliphatic heterocycles. The second-order valence-electron chi connectivity index (χ2n) is 6.28. The molecule has 6 nitrogen and oxygen atoms in total. The summed E-state index contributed by atoms with van der Waals surface area (Å²) in [5, 5.41) is 2.76. The van der Waals surface area contributed by atoms with Crippen LogP contribution in [0.4, 0.5) is 5.69 Å². The summed E-state index contributed by atoms with van der Waals surface area (Å²) >= 11 is 0. The maximum absolute atomic E-state index is 12.4. The first-order chi connectivity index (χ1) is 11.6. The summed E-state index contributed by atoms with van der Waals surface area (Å²) in [5.74, 6) is -0.104. The monoisotopic (exact) mass is 326 g/mol. The number of aryl methyl sites for hydroxylation is 1. The van der Waals surface area contributed by atoms with Crippen LogP contribution in [0.15, 0.2) is 41.5 Å². The number of likely N-dealkylation sites (tertiary alicyclic amines) is 1. The molecule has 0 unspecified atom stereocenters. The van der Waals surface area contributed by atoms with Crippen LogP contribution in [0.5, 0.6) is 0 Å². The minimum atomic E-state index is -0.251. The Morgan fingerprint density at radius 2 is 1.96 bits per heavy atom. The second-order valence-corrected chi connectivity index (χ2v) is 6.28. The molecule has 0 saturated carbocycles. The van der Waals surface area contributed by atoms with Crippen molar-refractivity contribution in [3.63, 3.8) is 0 Å². The number of hydrogen-bond acceptors (Lipinski definition) is 4. The predicted octanol–water partition coefficient (Wildman–Crippen LogP) is 1.93. The molecule has 0 spiro atoms. The van der Waals surface area contributed by atoms with E-state index in [1.165, 1.54) is 5.56 Å². The molecule has 3 rings (SSSR count). The van der Waals surface area contributed by atoms with E-state index in [1.807, 2.05) is 19.1 Å². The predicted molar refractivity (Wildman–Crippen MR) is 92.7 cm³/mol. The van der Waals surface area contributed by atoms with Crippen LogP contribution in [0.1, 0.15) is 24.1 Å². The van der Waals surface area contributed by atoms with Gasteiger partial charge in [0.2, 0.25) is 5.91 Å². The number of anilines is 1. The number of piperidine rings is 1. The van der Waals surface area contributed by atoms with Crippen molar-refractivity contribution in [2.45, 2.75) is 26.3 Å². The summed E-state index contributed by atoms with van der Waals surface area (Å²) in [6, 6.07) is 7.48. The molecule has 126 valence electrons. The fourth-order valence-corrected chi connectivity index (χ4v) is 3.00. The van der Waals surface area contributed by atoms with Crippen LogP contribution in [0.3, 0.4) is 0 Å². The van der Waals surface area contributed by atoms with E-state index in [1.54, 1.807) is 24.5 Å². The highest BCUT2D eigenvalue weighted by atomic mass is 16.2. The number of amides is 1. The summed E-state index contributed by atoms with van der Waals surface area (Å²) in [4.78, 5) is 33.3. The van der Waals surface area contributed by atoms with Gasteiger partial charge in [-0.1, -0.05) is 0 Å². The molecular formula is C18H22N4O2. The van der Waals surface area contributed by atoms with Crippen molar-refractivity contribution in [3.05, 3.63) is 58.3 Å². The average Bonchev–Trinajstić information content (AvgIpc) is 2.59. The van der Waals surface area contributed by atoms with Crippen molar-refractivity contribution < 1.29 is 4.79 Å². The molecule has 2 aromatic rings. The molecule has 0 aliphatic carbocycles. The molecule has 1 fully saturated rings. The third-order valence-corrected chi connectivity index (χ3v) is 4.43. The van der Waals surface area contributed by atoms with Gasteiger partial charge in [0, 0.05) is 30.6 Å². The van der Waals surface area contributed by atoms with Crippen LogP contribution in [0.2, 0.25) is 0 Å². The van der Waals surface area contributed by atoms with E-state index in [9.17, 15) is 9.59 Å². The standard InChI is InChI=1S/C18H22N4O2/c1-13-2-3-16(18(24)20-13)21-17(23)15-6-10-22(11-7-15)12-14-4-8-19-9-5-14/h2-5,8-9,15H,6-7,10-12H2,1H3,(H,20,24)(H,21,23).